The van der Waals surface area contributed by atoms with Gasteiger partial charge < -0.3 is 14.8 Å². The highest BCUT2D eigenvalue weighted by Crippen LogP contribution is 2.41. The standard InChI is InChI=1S/C22H21N3O4/c1-28-11-12-29-21-19(22-23-9-10-24-22)14-15-5-2-3-8-18(15)20(21)16-6-4-7-17(13-16)25(26)27/h2-8,13-14H,9-12H2,1H3,(H,23,24). The first kappa shape index (κ1) is 18.9. The lowest BCUT2D eigenvalue weighted by Gasteiger charge is -2.19. The summed E-state index contributed by atoms with van der Waals surface area (Å²) in [4.78, 5) is 15.5. The Bertz CT molecular complexity index is 1090. The van der Waals surface area contributed by atoms with E-state index < -0.39 is 0 Å². The van der Waals surface area contributed by atoms with Gasteiger partial charge in [0.1, 0.15) is 18.2 Å². The highest BCUT2D eigenvalue weighted by atomic mass is 16.6. The van der Waals surface area contributed by atoms with Crippen molar-refractivity contribution >= 4 is 22.3 Å². The van der Waals surface area contributed by atoms with E-state index in [0.29, 0.717) is 25.5 Å². The quantitative estimate of drug-likeness (QED) is 0.376. The molecule has 7 nitrogen and oxygen atoms in total. The van der Waals surface area contributed by atoms with E-state index in [1.54, 1.807) is 19.2 Å². The summed E-state index contributed by atoms with van der Waals surface area (Å²) in [5.41, 5.74) is 2.42. The predicted molar refractivity (Wildman–Crippen MR) is 113 cm³/mol. The van der Waals surface area contributed by atoms with Gasteiger partial charge in [-0.15, -0.1) is 0 Å². The van der Waals surface area contributed by atoms with Crippen LogP contribution in [0.2, 0.25) is 0 Å². The lowest BCUT2D eigenvalue weighted by Crippen LogP contribution is -2.21. The number of fused-ring (bicyclic) bond motifs is 1. The summed E-state index contributed by atoms with van der Waals surface area (Å²) >= 11 is 0. The molecule has 0 aromatic heterocycles. The third-order valence-corrected chi connectivity index (χ3v) is 4.81. The Labute approximate surface area is 168 Å². The summed E-state index contributed by atoms with van der Waals surface area (Å²) in [5, 5.41) is 16.6. The number of nitro groups is 1. The SMILES string of the molecule is COCCOc1c(C2=NCCN2)cc2ccccc2c1-c1cccc([N+](=O)[O-])c1. The average molecular weight is 391 g/mol. The number of aliphatic imine (C=N–C) groups is 1. The predicted octanol–water partition coefficient (Wildman–Crippen LogP) is 3.79. The molecule has 3 aromatic rings. The van der Waals surface area contributed by atoms with Crippen molar-refractivity contribution in [2.45, 2.75) is 0 Å². The molecule has 0 atom stereocenters. The smallest absolute Gasteiger partial charge is 0.270 e. The maximum atomic E-state index is 11.3. The van der Waals surface area contributed by atoms with Crippen LogP contribution in [0, 0.1) is 10.1 Å². The first-order valence-corrected chi connectivity index (χ1v) is 9.40. The van der Waals surface area contributed by atoms with Gasteiger partial charge in [-0.2, -0.15) is 0 Å². The fourth-order valence-corrected chi connectivity index (χ4v) is 3.52. The number of nitrogens with zero attached hydrogens (tertiary/aromatic N) is 2. The maximum Gasteiger partial charge on any atom is 0.270 e. The zero-order chi connectivity index (χ0) is 20.2. The van der Waals surface area contributed by atoms with E-state index in [4.69, 9.17) is 9.47 Å². The monoisotopic (exact) mass is 391 g/mol. The van der Waals surface area contributed by atoms with E-state index in [-0.39, 0.29) is 10.6 Å². The Morgan fingerprint density at radius 3 is 2.76 bits per heavy atom. The summed E-state index contributed by atoms with van der Waals surface area (Å²) in [7, 11) is 1.62. The van der Waals surface area contributed by atoms with E-state index in [1.807, 2.05) is 30.3 Å². The molecule has 29 heavy (non-hydrogen) atoms. The molecule has 0 saturated carbocycles. The Hall–Kier alpha value is -3.45. The number of nitrogens with one attached hydrogen (secondary N) is 1. The molecule has 0 radical (unpaired) electrons. The van der Waals surface area contributed by atoms with Crippen LogP contribution in [0.4, 0.5) is 5.69 Å². The topological polar surface area (TPSA) is 86.0 Å². The van der Waals surface area contributed by atoms with Gasteiger partial charge in [0.25, 0.3) is 5.69 Å². The number of hydrogen-bond acceptors (Lipinski definition) is 6. The van der Waals surface area contributed by atoms with Crippen molar-refractivity contribution in [3.63, 3.8) is 0 Å². The number of methoxy groups -OCH3 is 1. The molecule has 0 saturated heterocycles. The highest BCUT2D eigenvalue weighted by Gasteiger charge is 2.22. The Kier molecular flexibility index (Phi) is 5.39. The number of amidine groups is 1. The fraction of sp³-hybridized carbons (Fsp3) is 0.227. The van der Waals surface area contributed by atoms with Crippen LogP contribution < -0.4 is 10.1 Å². The molecule has 3 aromatic carbocycles. The maximum absolute atomic E-state index is 11.3. The normalized spacial score (nSPS) is 13.2. The summed E-state index contributed by atoms with van der Waals surface area (Å²) in [6.45, 7) is 2.26. The van der Waals surface area contributed by atoms with Crippen molar-refractivity contribution in [1.82, 2.24) is 5.32 Å². The Morgan fingerprint density at radius 2 is 2.00 bits per heavy atom. The number of ether oxygens (including phenoxy) is 2. The van der Waals surface area contributed by atoms with Crippen LogP contribution in [0.1, 0.15) is 5.56 Å². The molecule has 0 fully saturated rings. The third kappa shape index (κ3) is 3.77. The molecule has 0 bridgehead atoms. The lowest BCUT2D eigenvalue weighted by molar-refractivity contribution is -0.384. The van der Waals surface area contributed by atoms with Gasteiger partial charge in [-0.3, -0.25) is 15.1 Å². The van der Waals surface area contributed by atoms with Crippen LogP contribution in [0.25, 0.3) is 21.9 Å². The summed E-state index contributed by atoms with van der Waals surface area (Å²) < 4.78 is 11.3. The van der Waals surface area contributed by atoms with Gasteiger partial charge in [0.05, 0.1) is 23.6 Å². The minimum atomic E-state index is -0.385. The molecule has 7 heteroatoms. The van der Waals surface area contributed by atoms with Crippen molar-refractivity contribution in [3.05, 3.63) is 70.3 Å². The first-order chi connectivity index (χ1) is 14.2. The molecule has 0 aliphatic carbocycles. The van der Waals surface area contributed by atoms with E-state index in [1.165, 1.54) is 6.07 Å². The Morgan fingerprint density at radius 1 is 1.14 bits per heavy atom. The number of rotatable bonds is 7. The van der Waals surface area contributed by atoms with Crippen molar-refractivity contribution in [1.29, 1.82) is 0 Å². The molecule has 0 amide bonds. The molecule has 0 spiro atoms. The van der Waals surface area contributed by atoms with E-state index in [9.17, 15) is 10.1 Å². The molecule has 0 unspecified atom stereocenters. The summed E-state index contributed by atoms with van der Waals surface area (Å²) in [6.07, 6.45) is 0. The second-order valence-electron chi connectivity index (χ2n) is 6.66. The van der Waals surface area contributed by atoms with E-state index >= 15 is 0 Å². The molecule has 4 rings (SSSR count). The molecule has 1 N–H and O–H groups in total. The second kappa shape index (κ2) is 8.28. The fourth-order valence-electron chi connectivity index (χ4n) is 3.52. The van der Waals surface area contributed by atoms with Crippen molar-refractivity contribution < 1.29 is 14.4 Å². The van der Waals surface area contributed by atoms with E-state index in [0.717, 1.165) is 39.8 Å². The first-order valence-electron chi connectivity index (χ1n) is 9.40. The van der Waals surface area contributed by atoms with Gasteiger partial charge in [0, 0.05) is 31.4 Å². The molecule has 1 aliphatic rings. The van der Waals surface area contributed by atoms with Crippen LogP contribution >= 0.6 is 0 Å². The second-order valence-corrected chi connectivity index (χ2v) is 6.66. The van der Waals surface area contributed by atoms with Crippen molar-refractivity contribution in [2.75, 3.05) is 33.4 Å². The Balaban J connectivity index is 2.00. The van der Waals surface area contributed by atoms with Gasteiger partial charge in [0.2, 0.25) is 0 Å². The molecule has 148 valence electrons. The molecular formula is C22H21N3O4. The molecular weight excluding hydrogens is 370 g/mol. The van der Waals surface area contributed by atoms with Crippen LogP contribution in [-0.4, -0.2) is 44.2 Å². The minimum Gasteiger partial charge on any atom is -0.490 e. The summed E-state index contributed by atoms with van der Waals surface area (Å²) in [6, 6.07) is 16.6. The summed E-state index contributed by atoms with van der Waals surface area (Å²) in [5.74, 6) is 1.42. The third-order valence-electron chi connectivity index (χ3n) is 4.81. The van der Waals surface area contributed by atoms with E-state index in [2.05, 4.69) is 16.4 Å². The van der Waals surface area contributed by atoms with Gasteiger partial charge >= 0.3 is 0 Å². The number of non-ortho nitro benzene ring substituents is 1. The largest absolute Gasteiger partial charge is 0.490 e. The van der Waals surface area contributed by atoms with Crippen molar-refractivity contribution in [3.8, 4) is 16.9 Å². The average Bonchev–Trinajstić information content (AvgIpc) is 3.28. The number of hydrogen-bond donors (Lipinski definition) is 1. The minimum absolute atomic E-state index is 0.0381. The lowest BCUT2D eigenvalue weighted by atomic mass is 9.93. The number of nitro benzene ring substituents is 1. The van der Waals surface area contributed by atoms with Gasteiger partial charge in [-0.05, 0) is 22.4 Å². The van der Waals surface area contributed by atoms with Gasteiger partial charge in [-0.25, -0.2) is 0 Å². The van der Waals surface area contributed by atoms with Crippen molar-refractivity contribution in [2.24, 2.45) is 4.99 Å². The molecule has 1 heterocycles. The van der Waals surface area contributed by atoms with Gasteiger partial charge in [-0.1, -0.05) is 36.4 Å². The van der Waals surface area contributed by atoms with Crippen LogP contribution in [0.15, 0.2) is 59.6 Å². The van der Waals surface area contributed by atoms with Gasteiger partial charge in [0.15, 0.2) is 0 Å². The van der Waals surface area contributed by atoms with Crippen LogP contribution in [0.3, 0.4) is 0 Å². The highest BCUT2D eigenvalue weighted by molar-refractivity contribution is 6.11. The zero-order valence-electron chi connectivity index (χ0n) is 16.1. The van der Waals surface area contributed by atoms with Crippen LogP contribution in [0.5, 0.6) is 5.75 Å². The van der Waals surface area contributed by atoms with Crippen LogP contribution in [-0.2, 0) is 4.74 Å². The molecule has 1 aliphatic heterocycles. The zero-order valence-corrected chi connectivity index (χ0v) is 16.1. The number of benzene rings is 3.